The number of hydrogen-bond donors (Lipinski definition) is 1. The van der Waals surface area contributed by atoms with Crippen molar-refractivity contribution in [1.29, 1.82) is 0 Å². The lowest BCUT2D eigenvalue weighted by molar-refractivity contribution is 0.146. The van der Waals surface area contributed by atoms with Crippen molar-refractivity contribution < 1.29 is 9.47 Å². The Kier molecular flexibility index (Phi) is 6.46. The lowest BCUT2D eigenvalue weighted by Gasteiger charge is -2.29. The standard InChI is InChI=1S/C23H25ClN4O2S/c1-15-7-9-19(27(15)2)22-21(18-6-4-5-11-25-18)26-23(31)28(22)16-8-10-20(17(24)14-16)30-13-12-29-3/h4-11,14,21-22H,12-13H2,1-3H3,(H,26,31)/t21-,22-/m1/s1. The molecule has 0 unspecified atom stereocenters. The number of thiocarbonyl (C=S) groups is 1. The quantitative estimate of drug-likeness (QED) is 0.414. The zero-order chi connectivity index (χ0) is 22.0. The van der Waals surface area contributed by atoms with E-state index >= 15 is 0 Å². The predicted molar refractivity (Wildman–Crippen MR) is 127 cm³/mol. The highest BCUT2D eigenvalue weighted by atomic mass is 35.5. The summed E-state index contributed by atoms with van der Waals surface area (Å²) in [6, 6.07) is 15.7. The van der Waals surface area contributed by atoms with Gasteiger partial charge in [-0.05, 0) is 61.6 Å². The van der Waals surface area contributed by atoms with Gasteiger partial charge in [0.1, 0.15) is 18.4 Å². The van der Waals surface area contributed by atoms with Crippen LogP contribution < -0.4 is 15.0 Å². The molecule has 0 bridgehead atoms. The molecule has 1 aromatic carbocycles. The van der Waals surface area contributed by atoms with E-state index in [1.165, 1.54) is 5.69 Å². The largest absolute Gasteiger partial charge is 0.490 e. The zero-order valence-corrected chi connectivity index (χ0v) is 19.3. The molecule has 0 aliphatic carbocycles. The monoisotopic (exact) mass is 456 g/mol. The van der Waals surface area contributed by atoms with Gasteiger partial charge in [0.2, 0.25) is 0 Å². The molecule has 162 valence electrons. The third kappa shape index (κ3) is 4.26. The summed E-state index contributed by atoms with van der Waals surface area (Å²) in [5.41, 5.74) is 4.13. The van der Waals surface area contributed by atoms with Crippen LogP contribution in [0.5, 0.6) is 5.75 Å². The van der Waals surface area contributed by atoms with Gasteiger partial charge in [0.15, 0.2) is 5.11 Å². The van der Waals surface area contributed by atoms with E-state index in [2.05, 4.69) is 45.9 Å². The van der Waals surface area contributed by atoms with Crippen LogP contribution in [-0.4, -0.2) is 35.0 Å². The van der Waals surface area contributed by atoms with Crippen LogP contribution in [0.1, 0.15) is 29.2 Å². The molecule has 2 aromatic heterocycles. The number of aromatic nitrogens is 2. The summed E-state index contributed by atoms with van der Waals surface area (Å²) in [7, 11) is 3.71. The first-order valence-corrected chi connectivity index (χ1v) is 10.8. The Balaban J connectivity index is 1.74. The molecule has 0 amide bonds. The summed E-state index contributed by atoms with van der Waals surface area (Å²) in [5.74, 6) is 0.619. The Hall–Kier alpha value is -2.61. The molecule has 3 heterocycles. The molecule has 0 spiro atoms. The number of nitrogens with one attached hydrogen (secondary N) is 1. The smallest absolute Gasteiger partial charge is 0.174 e. The van der Waals surface area contributed by atoms with Crippen LogP contribution in [0.2, 0.25) is 5.02 Å². The molecule has 1 fully saturated rings. The maximum atomic E-state index is 6.54. The number of halogens is 1. The summed E-state index contributed by atoms with van der Waals surface area (Å²) in [4.78, 5) is 6.70. The van der Waals surface area contributed by atoms with Gasteiger partial charge < -0.3 is 24.3 Å². The van der Waals surface area contributed by atoms with Crippen molar-refractivity contribution in [1.82, 2.24) is 14.9 Å². The average Bonchev–Trinajstić information content (AvgIpc) is 3.28. The van der Waals surface area contributed by atoms with Crippen molar-refractivity contribution in [3.8, 4) is 5.75 Å². The molecule has 2 atom stereocenters. The van der Waals surface area contributed by atoms with Gasteiger partial charge in [-0.3, -0.25) is 4.98 Å². The zero-order valence-electron chi connectivity index (χ0n) is 17.7. The SMILES string of the molecule is COCCOc1ccc(N2C(=S)N[C@H](c3ccccn3)[C@H]2c2ccc(C)n2C)cc1Cl. The van der Waals surface area contributed by atoms with Crippen LogP contribution in [0.15, 0.2) is 54.7 Å². The lowest BCUT2D eigenvalue weighted by Crippen LogP contribution is -2.30. The Morgan fingerprint density at radius 2 is 2.00 bits per heavy atom. The van der Waals surface area contributed by atoms with Crippen molar-refractivity contribution in [2.75, 3.05) is 25.2 Å². The number of rotatable bonds is 7. The number of ether oxygens (including phenoxy) is 2. The van der Waals surface area contributed by atoms with Crippen LogP contribution in [0.4, 0.5) is 5.69 Å². The van der Waals surface area contributed by atoms with Crippen LogP contribution in [0.3, 0.4) is 0 Å². The van der Waals surface area contributed by atoms with E-state index in [0.29, 0.717) is 29.1 Å². The van der Waals surface area contributed by atoms with Crippen LogP contribution >= 0.6 is 23.8 Å². The highest BCUT2D eigenvalue weighted by Gasteiger charge is 2.42. The minimum absolute atomic E-state index is 0.0857. The van der Waals surface area contributed by atoms with Gasteiger partial charge >= 0.3 is 0 Å². The van der Waals surface area contributed by atoms with Crippen molar-refractivity contribution >= 4 is 34.6 Å². The van der Waals surface area contributed by atoms with Crippen LogP contribution in [0.25, 0.3) is 0 Å². The first-order chi connectivity index (χ1) is 15.0. The first kappa shape index (κ1) is 21.6. The third-order valence-electron chi connectivity index (χ3n) is 5.55. The van der Waals surface area contributed by atoms with Crippen molar-refractivity contribution in [2.24, 2.45) is 7.05 Å². The van der Waals surface area contributed by atoms with Gasteiger partial charge in [-0.15, -0.1) is 0 Å². The summed E-state index contributed by atoms with van der Waals surface area (Å²) < 4.78 is 12.9. The lowest BCUT2D eigenvalue weighted by atomic mass is 10.0. The van der Waals surface area contributed by atoms with E-state index in [9.17, 15) is 0 Å². The minimum atomic E-state index is -0.0990. The molecule has 0 radical (unpaired) electrons. The number of methoxy groups -OCH3 is 1. The van der Waals surface area contributed by atoms with Crippen LogP contribution in [-0.2, 0) is 11.8 Å². The normalized spacial score (nSPS) is 18.3. The van der Waals surface area contributed by atoms with E-state index in [0.717, 1.165) is 17.1 Å². The van der Waals surface area contributed by atoms with Gasteiger partial charge in [0.05, 0.1) is 23.4 Å². The molecule has 1 aliphatic heterocycles. The van der Waals surface area contributed by atoms with E-state index < -0.39 is 0 Å². The Bertz CT molecular complexity index is 1070. The van der Waals surface area contributed by atoms with Crippen molar-refractivity contribution in [3.05, 3.63) is 76.8 Å². The second kappa shape index (κ2) is 9.26. The van der Waals surface area contributed by atoms with Gasteiger partial charge in [0, 0.05) is 37.4 Å². The number of pyridine rings is 1. The fourth-order valence-electron chi connectivity index (χ4n) is 3.86. The third-order valence-corrected chi connectivity index (χ3v) is 6.16. The summed E-state index contributed by atoms with van der Waals surface area (Å²) >= 11 is 12.3. The van der Waals surface area contributed by atoms with E-state index in [4.69, 9.17) is 33.3 Å². The molecule has 0 saturated carbocycles. The maximum absolute atomic E-state index is 6.54. The van der Waals surface area contributed by atoms with Crippen molar-refractivity contribution in [3.63, 3.8) is 0 Å². The second-order valence-corrected chi connectivity index (χ2v) is 8.21. The van der Waals surface area contributed by atoms with E-state index in [1.807, 2.05) is 36.4 Å². The molecule has 1 saturated heterocycles. The van der Waals surface area contributed by atoms with Gasteiger partial charge in [0.25, 0.3) is 0 Å². The average molecular weight is 457 g/mol. The highest BCUT2D eigenvalue weighted by molar-refractivity contribution is 7.80. The first-order valence-electron chi connectivity index (χ1n) is 10.1. The molecule has 8 heteroatoms. The molecular formula is C23H25ClN4O2S. The molecular weight excluding hydrogens is 432 g/mol. The molecule has 3 aromatic rings. The number of benzene rings is 1. The molecule has 31 heavy (non-hydrogen) atoms. The fourth-order valence-corrected chi connectivity index (χ4v) is 4.43. The number of hydrogen-bond acceptors (Lipinski definition) is 4. The summed E-state index contributed by atoms with van der Waals surface area (Å²) in [6.07, 6.45) is 1.80. The summed E-state index contributed by atoms with van der Waals surface area (Å²) in [6.45, 7) is 3.03. The molecule has 6 nitrogen and oxygen atoms in total. The highest BCUT2D eigenvalue weighted by Crippen LogP contribution is 2.43. The molecule has 1 aliphatic rings. The number of nitrogens with zero attached hydrogens (tertiary/aromatic N) is 3. The topological polar surface area (TPSA) is 51.6 Å². The Morgan fingerprint density at radius 1 is 1.16 bits per heavy atom. The Labute approximate surface area is 192 Å². The van der Waals surface area contributed by atoms with Gasteiger partial charge in [-0.1, -0.05) is 17.7 Å². The Morgan fingerprint density at radius 3 is 2.65 bits per heavy atom. The molecule has 1 N–H and O–H groups in total. The van der Waals surface area contributed by atoms with Gasteiger partial charge in [-0.2, -0.15) is 0 Å². The number of aryl methyl sites for hydroxylation is 1. The molecule has 4 rings (SSSR count). The van der Waals surface area contributed by atoms with E-state index in [-0.39, 0.29) is 12.1 Å². The maximum Gasteiger partial charge on any atom is 0.174 e. The second-order valence-electron chi connectivity index (χ2n) is 7.41. The summed E-state index contributed by atoms with van der Waals surface area (Å²) in [5, 5.41) is 4.63. The van der Waals surface area contributed by atoms with Crippen LogP contribution in [0, 0.1) is 6.92 Å². The fraction of sp³-hybridized carbons (Fsp3) is 0.304. The van der Waals surface area contributed by atoms with E-state index in [1.54, 1.807) is 13.3 Å². The number of anilines is 1. The van der Waals surface area contributed by atoms with Gasteiger partial charge in [-0.25, -0.2) is 0 Å². The predicted octanol–water partition coefficient (Wildman–Crippen LogP) is 4.58. The van der Waals surface area contributed by atoms with Crippen molar-refractivity contribution in [2.45, 2.75) is 19.0 Å². The minimum Gasteiger partial charge on any atom is -0.490 e.